The minimum Gasteiger partial charge on any atom is -0.480 e. The van der Waals surface area contributed by atoms with Gasteiger partial charge in [0.1, 0.15) is 6.54 Å². The summed E-state index contributed by atoms with van der Waals surface area (Å²) in [6.45, 7) is 5.54. The maximum absolute atomic E-state index is 11.7. The predicted octanol–water partition coefficient (Wildman–Crippen LogP) is 3.05. The van der Waals surface area contributed by atoms with Crippen LogP contribution in [0, 0.1) is 0 Å². The summed E-state index contributed by atoms with van der Waals surface area (Å²) in [5.41, 5.74) is 2.51. The number of benzene rings is 1. The number of hydrogen-bond donors (Lipinski definition) is 1. The number of carboxylic acids is 1. The fraction of sp³-hybridized carbons (Fsp3) is 0.333. The number of rotatable bonds is 4. The Morgan fingerprint density at radius 1 is 1.32 bits per heavy atom. The predicted molar refractivity (Wildman–Crippen MR) is 73.7 cm³/mol. The summed E-state index contributed by atoms with van der Waals surface area (Å²) in [7, 11) is 0. The van der Waals surface area contributed by atoms with Gasteiger partial charge in [-0.05, 0) is 30.5 Å². The van der Waals surface area contributed by atoms with E-state index in [4.69, 9.17) is 5.11 Å². The van der Waals surface area contributed by atoms with Gasteiger partial charge in [-0.2, -0.15) is 0 Å². The molecule has 0 saturated carbocycles. The Bertz CT molecular complexity index is 653. The molecule has 0 amide bonds. The monoisotopic (exact) mass is 259 g/mol. The molecule has 0 fully saturated rings. The molecular formula is C15H17NO3. The first-order valence-electron chi connectivity index (χ1n) is 6.25. The summed E-state index contributed by atoms with van der Waals surface area (Å²) in [4.78, 5) is 22.5. The molecule has 0 aliphatic carbocycles. The standard InChI is InChI=1S/C15H17NO3/c1-9(2)11-4-5-14-12(6-11)13(10(3)17)7-16(14)8-15(18)19/h4-7,9H,8H2,1-3H3,(H,18,19). The summed E-state index contributed by atoms with van der Waals surface area (Å²) in [5, 5.41) is 9.74. The highest BCUT2D eigenvalue weighted by Gasteiger charge is 2.14. The minimum absolute atomic E-state index is 0.0463. The number of carbonyl (C=O) groups is 2. The maximum atomic E-state index is 11.7. The van der Waals surface area contributed by atoms with Crippen LogP contribution in [0.5, 0.6) is 0 Å². The van der Waals surface area contributed by atoms with E-state index >= 15 is 0 Å². The molecule has 0 aliphatic heterocycles. The van der Waals surface area contributed by atoms with Crippen molar-refractivity contribution in [2.45, 2.75) is 33.2 Å². The third-order valence-corrected chi connectivity index (χ3v) is 3.26. The molecular weight excluding hydrogens is 242 g/mol. The summed E-state index contributed by atoms with van der Waals surface area (Å²) in [6.07, 6.45) is 1.63. The van der Waals surface area contributed by atoms with Crippen LogP contribution in [0.25, 0.3) is 10.9 Å². The molecule has 1 aromatic heterocycles. The average molecular weight is 259 g/mol. The van der Waals surface area contributed by atoms with E-state index in [-0.39, 0.29) is 12.3 Å². The van der Waals surface area contributed by atoms with Crippen molar-refractivity contribution >= 4 is 22.7 Å². The number of Topliss-reactive ketones (excluding diaryl/α,β-unsaturated/α-hetero) is 1. The van der Waals surface area contributed by atoms with Crippen molar-refractivity contribution in [3.8, 4) is 0 Å². The maximum Gasteiger partial charge on any atom is 0.323 e. The van der Waals surface area contributed by atoms with Gasteiger partial charge in [-0.25, -0.2) is 0 Å². The molecule has 0 radical (unpaired) electrons. The topological polar surface area (TPSA) is 59.3 Å². The van der Waals surface area contributed by atoms with E-state index in [1.807, 2.05) is 18.2 Å². The highest BCUT2D eigenvalue weighted by Crippen LogP contribution is 2.26. The SMILES string of the molecule is CC(=O)c1cn(CC(=O)O)c2ccc(C(C)C)cc12. The highest BCUT2D eigenvalue weighted by molar-refractivity contribution is 6.07. The Balaban J connectivity index is 2.67. The number of carboxylic acid groups (broad SMARTS) is 1. The van der Waals surface area contributed by atoms with Gasteiger partial charge in [0.2, 0.25) is 0 Å². The van der Waals surface area contributed by atoms with Crippen LogP contribution in [0.15, 0.2) is 24.4 Å². The van der Waals surface area contributed by atoms with Crippen molar-refractivity contribution < 1.29 is 14.7 Å². The second kappa shape index (κ2) is 4.88. The fourth-order valence-corrected chi connectivity index (χ4v) is 2.23. The van der Waals surface area contributed by atoms with Gasteiger partial charge in [-0.15, -0.1) is 0 Å². The Morgan fingerprint density at radius 3 is 2.53 bits per heavy atom. The molecule has 1 heterocycles. The van der Waals surface area contributed by atoms with Crippen LogP contribution < -0.4 is 0 Å². The Labute approximate surface area is 111 Å². The van der Waals surface area contributed by atoms with Crippen LogP contribution in [0.1, 0.15) is 42.6 Å². The molecule has 0 unspecified atom stereocenters. The Kier molecular flexibility index (Phi) is 3.42. The number of carbonyl (C=O) groups excluding carboxylic acids is 1. The number of nitrogens with zero attached hydrogens (tertiary/aromatic N) is 1. The number of aliphatic carboxylic acids is 1. The largest absolute Gasteiger partial charge is 0.480 e. The second-order valence-electron chi connectivity index (χ2n) is 5.05. The molecule has 1 N–H and O–H groups in total. The average Bonchev–Trinajstić information content (AvgIpc) is 2.66. The minimum atomic E-state index is -0.917. The first-order chi connectivity index (χ1) is 8.90. The van der Waals surface area contributed by atoms with Crippen LogP contribution in [-0.4, -0.2) is 21.4 Å². The molecule has 1 aromatic carbocycles. The number of aromatic nitrogens is 1. The van der Waals surface area contributed by atoms with Gasteiger partial charge >= 0.3 is 5.97 Å². The van der Waals surface area contributed by atoms with Crippen molar-refractivity contribution in [3.05, 3.63) is 35.5 Å². The molecule has 0 saturated heterocycles. The van der Waals surface area contributed by atoms with Crippen LogP contribution in [0.4, 0.5) is 0 Å². The third-order valence-electron chi connectivity index (χ3n) is 3.26. The number of fused-ring (bicyclic) bond motifs is 1. The van der Waals surface area contributed by atoms with Gasteiger partial charge in [0, 0.05) is 22.7 Å². The van der Waals surface area contributed by atoms with Crippen LogP contribution in [0.2, 0.25) is 0 Å². The van der Waals surface area contributed by atoms with Gasteiger partial charge in [-0.3, -0.25) is 9.59 Å². The molecule has 4 heteroatoms. The molecule has 100 valence electrons. The van der Waals surface area contributed by atoms with Crippen LogP contribution in [0.3, 0.4) is 0 Å². The summed E-state index contributed by atoms with van der Waals surface area (Å²) in [6, 6.07) is 5.85. The summed E-state index contributed by atoms with van der Waals surface area (Å²) < 4.78 is 1.61. The smallest absolute Gasteiger partial charge is 0.323 e. The lowest BCUT2D eigenvalue weighted by molar-refractivity contribution is -0.137. The van der Waals surface area contributed by atoms with E-state index in [9.17, 15) is 9.59 Å². The first kappa shape index (κ1) is 13.3. The molecule has 0 atom stereocenters. The van der Waals surface area contributed by atoms with E-state index < -0.39 is 5.97 Å². The number of ketones is 1. The Hall–Kier alpha value is -2.10. The van der Waals surface area contributed by atoms with Crippen LogP contribution >= 0.6 is 0 Å². The van der Waals surface area contributed by atoms with E-state index in [1.54, 1.807) is 10.8 Å². The van der Waals surface area contributed by atoms with Crippen molar-refractivity contribution in [2.24, 2.45) is 0 Å². The normalized spacial score (nSPS) is 11.2. The lowest BCUT2D eigenvalue weighted by atomic mass is 10.00. The highest BCUT2D eigenvalue weighted by atomic mass is 16.4. The quantitative estimate of drug-likeness (QED) is 0.858. The molecule has 2 rings (SSSR count). The molecule has 19 heavy (non-hydrogen) atoms. The molecule has 4 nitrogen and oxygen atoms in total. The van der Waals surface area contributed by atoms with E-state index in [1.165, 1.54) is 6.92 Å². The van der Waals surface area contributed by atoms with Gasteiger partial charge in [0.25, 0.3) is 0 Å². The summed E-state index contributed by atoms with van der Waals surface area (Å²) in [5.74, 6) is -0.595. The van der Waals surface area contributed by atoms with Crippen molar-refractivity contribution in [1.29, 1.82) is 0 Å². The zero-order valence-electron chi connectivity index (χ0n) is 11.3. The molecule has 0 bridgehead atoms. The Morgan fingerprint density at radius 2 is 2.00 bits per heavy atom. The summed E-state index contributed by atoms with van der Waals surface area (Å²) >= 11 is 0. The van der Waals surface area contributed by atoms with Crippen molar-refractivity contribution in [2.75, 3.05) is 0 Å². The second-order valence-corrected chi connectivity index (χ2v) is 5.05. The van der Waals surface area contributed by atoms with Gasteiger partial charge in [0.05, 0.1) is 0 Å². The van der Waals surface area contributed by atoms with Crippen molar-refractivity contribution in [3.63, 3.8) is 0 Å². The number of hydrogen-bond acceptors (Lipinski definition) is 2. The van der Waals surface area contributed by atoms with Gasteiger partial charge < -0.3 is 9.67 Å². The fourth-order valence-electron chi connectivity index (χ4n) is 2.23. The molecule has 2 aromatic rings. The zero-order valence-corrected chi connectivity index (χ0v) is 11.3. The van der Waals surface area contributed by atoms with E-state index in [2.05, 4.69) is 13.8 Å². The van der Waals surface area contributed by atoms with E-state index in [0.717, 1.165) is 16.5 Å². The van der Waals surface area contributed by atoms with Crippen molar-refractivity contribution in [1.82, 2.24) is 4.57 Å². The third kappa shape index (κ3) is 2.52. The molecule has 0 spiro atoms. The lowest BCUT2D eigenvalue weighted by Crippen LogP contribution is -2.07. The van der Waals surface area contributed by atoms with Gasteiger partial charge in [0.15, 0.2) is 5.78 Å². The lowest BCUT2D eigenvalue weighted by Gasteiger charge is -2.06. The van der Waals surface area contributed by atoms with E-state index in [0.29, 0.717) is 11.5 Å². The zero-order chi connectivity index (χ0) is 14.2. The van der Waals surface area contributed by atoms with Crippen LogP contribution in [-0.2, 0) is 11.3 Å². The first-order valence-corrected chi connectivity index (χ1v) is 6.25. The van der Waals surface area contributed by atoms with Gasteiger partial charge in [-0.1, -0.05) is 19.9 Å². The molecule has 0 aliphatic rings.